The molecule has 0 N–H and O–H groups in total. The molecule has 1 heteroatoms. The molecule has 0 radical (unpaired) electrons. The molecule has 1 nitrogen and oxygen atoms in total. The molecular weight excluding hydrogens is 410 g/mol. The zero-order chi connectivity index (χ0) is 24.5. The van der Waals surface area contributed by atoms with Gasteiger partial charge in [-0.15, -0.1) is 0 Å². The van der Waals surface area contributed by atoms with Gasteiger partial charge >= 0.3 is 0 Å². The van der Waals surface area contributed by atoms with Crippen molar-refractivity contribution in [1.29, 1.82) is 0 Å². The number of aryl methyl sites for hydroxylation is 1. The average molecular weight is 450 g/mol. The van der Waals surface area contributed by atoms with Crippen LogP contribution in [0, 0.1) is 6.92 Å². The lowest BCUT2D eigenvalue weighted by Gasteiger charge is -2.28. The Bertz CT molecular complexity index is 1210. The van der Waals surface area contributed by atoms with Gasteiger partial charge in [-0.1, -0.05) is 101 Å². The third-order valence-corrected chi connectivity index (χ3v) is 7.82. The van der Waals surface area contributed by atoms with Gasteiger partial charge in [0.15, 0.2) is 0 Å². The summed E-state index contributed by atoms with van der Waals surface area (Å²) in [6.07, 6.45) is 15.0. The Hall–Kier alpha value is -3.06. The largest absolute Gasteiger partial charge is 0.347 e. The van der Waals surface area contributed by atoms with Crippen molar-refractivity contribution in [3.8, 4) is 0 Å². The van der Waals surface area contributed by atoms with Crippen LogP contribution in [0.2, 0.25) is 0 Å². The van der Waals surface area contributed by atoms with E-state index in [0.29, 0.717) is 0 Å². The number of fused-ring (bicyclic) bond motifs is 1. The van der Waals surface area contributed by atoms with Gasteiger partial charge in [0.05, 0.1) is 0 Å². The molecule has 0 fully saturated rings. The lowest BCUT2D eigenvalue weighted by atomic mass is 9.76. The summed E-state index contributed by atoms with van der Waals surface area (Å²) in [5.74, 6) is 0. The maximum absolute atomic E-state index is 4.44. The molecule has 1 aliphatic heterocycles. The standard InChI is InChI=1S/C33H39N/c1-24-13-8-9-16-28(24)32(3,4)25(2)19-20-26-14-12-15-27(23-26)21-22-31-33(5,6)29-17-10-11-18-30(29)34(31)7/h8-11,13,16-23H,2,12,14-15H2,1,3-7H3/b20-19+,27-21+,31-22-. The number of likely N-dealkylation sites (N-methyl/N-ethyl adjacent to an activating group) is 1. The van der Waals surface area contributed by atoms with E-state index in [1.54, 1.807) is 0 Å². The minimum atomic E-state index is -0.0895. The molecule has 0 amide bonds. The first-order valence-corrected chi connectivity index (χ1v) is 12.5. The molecule has 0 spiro atoms. The maximum Gasteiger partial charge on any atom is 0.0447 e. The summed E-state index contributed by atoms with van der Waals surface area (Å²) in [6, 6.07) is 17.4. The minimum absolute atomic E-state index is 0.0163. The Morgan fingerprint density at radius 1 is 1.00 bits per heavy atom. The number of para-hydroxylation sites is 1. The first kappa shape index (κ1) is 24.1. The second kappa shape index (κ2) is 9.29. The summed E-state index contributed by atoms with van der Waals surface area (Å²) in [7, 11) is 2.19. The zero-order valence-corrected chi connectivity index (χ0v) is 21.8. The Morgan fingerprint density at radius 3 is 2.44 bits per heavy atom. The molecule has 1 aliphatic carbocycles. The van der Waals surface area contributed by atoms with Gasteiger partial charge in [-0.2, -0.15) is 0 Å². The number of nitrogens with zero attached hydrogens (tertiary/aromatic N) is 1. The zero-order valence-electron chi connectivity index (χ0n) is 21.8. The van der Waals surface area contributed by atoms with E-state index in [9.17, 15) is 0 Å². The van der Waals surface area contributed by atoms with Crippen molar-refractivity contribution in [2.45, 2.75) is 64.7 Å². The van der Waals surface area contributed by atoms with E-state index in [0.717, 1.165) is 18.4 Å². The van der Waals surface area contributed by atoms with Crippen molar-refractivity contribution >= 4 is 5.69 Å². The highest BCUT2D eigenvalue weighted by molar-refractivity contribution is 5.70. The van der Waals surface area contributed by atoms with E-state index in [2.05, 4.69) is 132 Å². The van der Waals surface area contributed by atoms with Crippen LogP contribution >= 0.6 is 0 Å². The third-order valence-electron chi connectivity index (χ3n) is 7.82. The van der Waals surface area contributed by atoms with Crippen LogP contribution in [-0.2, 0) is 10.8 Å². The highest BCUT2D eigenvalue weighted by atomic mass is 15.2. The van der Waals surface area contributed by atoms with E-state index in [4.69, 9.17) is 0 Å². The normalized spacial score (nSPS) is 20.2. The summed E-state index contributed by atoms with van der Waals surface area (Å²) in [4.78, 5) is 2.34. The monoisotopic (exact) mass is 449 g/mol. The Kier molecular flexibility index (Phi) is 6.58. The van der Waals surface area contributed by atoms with E-state index in [1.807, 2.05) is 0 Å². The molecule has 2 aliphatic rings. The highest BCUT2D eigenvalue weighted by Crippen LogP contribution is 2.46. The van der Waals surface area contributed by atoms with Crippen LogP contribution < -0.4 is 4.90 Å². The summed E-state index contributed by atoms with van der Waals surface area (Å²) in [5, 5.41) is 0. The van der Waals surface area contributed by atoms with Gasteiger partial charge in [0, 0.05) is 29.3 Å². The fourth-order valence-corrected chi connectivity index (χ4v) is 5.49. The van der Waals surface area contributed by atoms with Crippen molar-refractivity contribution in [2.75, 3.05) is 11.9 Å². The van der Waals surface area contributed by atoms with E-state index in [1.165, 1.54) is 45.6 Å². The van der Waals surface area contributed by atoms with Crippen LogP contribution in [-0.4, -0.2) is 7.05 Å². The van der Waals surface area contributed by atoms with Crippen molar-refractivity contribution < 1.29 is 0 Å². The molecule has 0 bridgehead atoms. The van der Waals surface area contributed by atoms with Crippen molar-refractivity contribution in [3.05, 3.63) is 125 Å². The van der Waals surface area contributed by atoms with E-state index < -0.39 is 0 Å². The minimum Gasteiger partial charge on any atom is -0.347 e. The molecule has 176 valence electrons. The van der Waals surface area contributed by atoms with Crippen LogP contribution in [0.3, 0.4) is 0 Å². The maximum atomic E-state index is 4.44. The van der Waals surface area contributed by atoms with Crippen LogP contribution in [0.25, 0.3) is 0 Å². The van der Waals surface area contributed by atoms with E-state index in [-0.39, 0.29) is 10.8 Å². The molecule has 1 heterocycles. The lowest BCUT2D eigenvalue weighted by molar-refractivity contribution is 0.636. The van der Waals surface area contributed by atoms with Gasteiger partial charge in [-0.05, 0) is 71.7 Å². The number of hydrogen-bond acceptors (Lipinski definition) is 1. The summed E-state index contributed by atoms with van der Waals surface area (Å²) >= 11 is 0. The second-order valence-corrected chi connectivity index (χ2v) is 10.9. The number of benzene rings is 2. The lowest BCUT2D eigenvalue weighted by Crippen LogP contribution is -2.22. The van der Waals surface area contributed by atoms with Crippen LogP contribution in [0.5, 0.6) is 0 Å². The Balaban J connectivity index is 1.54. The second-order valence-electron chi connectivity index (χ2n) is 10.9. The van der Waals surface area contributed by atoms with Gasteiger partial charge in [0.1, 0.15) is 0 Å². The molecule has 34 heavy (non-hydrogen) atoms. The SMILES string of the molecule is C=C(/C=C/C1=CC(=C/C=C2\N(C)c3ccccc3C2(C)C)/CCC1)C(C)(C)c1ccccc1C. The fraction of sp³-hybridized carbons (Fsp3) is 0.333. The number of anilines is 1. The van der Waals surface area contributed by atoms with Crippen molar-refractivity contribution in [2.24, 2.45) is 0 Å². The molecule has 0 unspecified atom stereocenters. The first-order chi connectivity index (χ1) is 16.1. The summed E-state index contributed by atoms with van der Waals surface area (Å²) in [5.41, 5.74) is 10.6. The van der Waals surface area contributed by atoms with Gasteiger partial charge in [-0.25, -0.2) is 0 Å². The van der Waals surface area contributed by atoms with Gasteiger partial charge in [0.25, 0.3) is 0 Å². The Morgan fingerprint density at radius 2 is 1.71 bits per heavy atom. The number of hydrogen-bond donors (Lipinski definition) is 0. The molecule has 0 aromatic heterocycles. The van der Waals surface area contributed by atoms with Gasteiger partial charge in [-0.3, -0.25) is 0 Å². The van der Waals surface area contributed by atoms with Crippen LogP contribution in [0.15, 0.2) is 108 Å². The van der Waals surface area contributed by atoms with Crippen molar-refractivity contribution in [1.82, 2.24) is 0 Å². The topological polar surface area (TPSA) is 3.24 Å². The smallest absolute Gasteiger partial charge is 0.0447 e. The molecule has 0 saturated carbocycles. The molecule has 4 rings (SSSR count). The third kappa shape index (κ3) is 4.49. The highest BCUT2D eigenvalue weighted by Gasteiger charge is 2.37. The predicted octanol–water partition coefficient (Wildman–Crippen LogP) is 8.73. The van der Waals surface area contributed by atoms with Crippen molar-refractivity contribution in [3.63, 3.8) is 0 Å². The number of rotatable bonds is 5. The predicted molar refractivity (Wildman–Crippen MR) is 148 cm³/mol. The molecule has 0 saturated heterocycles. The van der Waals surface area contributed by atoms with Gasteiger partial charge < -0.3 is 4.90 Å². The van der Waals surface area contributed by atoms with Crippen LogP contribution in [0.1, 0.15) is 63.6 Å². The summed E-state index contributed by atoms with van der Waals surface area (Å²) in [6.45, 7) is 15.8. The first-order valence-electron chi connectivity index (χ1n) is 12.5. The molecule has 2 aromatic carbocycles. The average Bonchev–Trinajstić information content (AvgIpc) is 3.01. The van der Waals surface area contributed by atoms with E-state index >= 15 is 0 Å². The summed E-state index contributed by atoms with van der Waals surface area (Å²) < 4.78 is 0. The van der Waals surface area contributed by atoms with Gasteiger partial charge in [0.2, 0.25) is 0 Å². The van der Waals surface area contributed by atoms with Crippen LogP contribution in [0.4, 0.5) is 5.69 Å². The molecule has 2 aromatic rings. The quantitative estimate of drug-likeness (QED) is 0.412. The molecular formula is C33H39N. The fourth-order valence-electron chi connectivity index (χ4n) is 5.49. The Labute approximate surface area is 206 Å². The molecule has 0 atom stereocenters. The number of allylic oxidation sites excluding steroid dienone is 9.